The first-order chi connectivity index (χ1) is 5.43. The second-order valence-corrected chi connectivity index (χ2v) is 5.03. The van der Waals surface area contributed by atoms with Crippen molar-refractivity contribution in [3.8, 4) is 0 Å². The van der Waals surface area contributed by atoms with Gasteiger partial charge in [0.15, 0.2) is 0 Å². The molecule has 0 amide bonds. The largest absolute Gasteiger partial charge is 0.287 e. The predicted molar refractivity (Wildman–Crippen MR) is 55.7 cm³/mol. The zero-order valence-electron chi connectivity index (χ0n) is 7.29. The van der Waals surface area contributed by atoms with E-state index >= 15 is 0 Å². The summed E-state index contributed by atoms with van der Waals surface area (Å²) < 4.78 is 0. The summed E-state index contributed by atoms with van der Waals surface area (Å²) in [5.74, 6) is 3.76. The zero-order valence-corrected chi connectivity index (χ0v) is 8.19. The fourth-order valence-electron chi connectivity index (χ4n) is 1.22. The lowest BCUT2D eigenvalue weighted by molar-refractivity contribution is 0.706. The van der Waals surface area contributed by atoms with Crippen LogP contribution >= 0.6 is 10.9 Å². The number of rotatable bonds is 5. The van der Waals surface area contributed by atoms with Gasteiger partial charge in [-0.15, -0.1) is 0 Å². The minimum atomic E-state index is 0.122. The van der Waals surface area contributed by atoms with E-state index in [1.54, 1.807) is 0 Å². The Morgan fingerprint density at radius 3 is 2.91 bits per heavy atom. The van der Waals surface area contributed by atoms with Gasteiger partial charge in [-0.25, -0.2) is 10.9 Å². The fraction of sp³-hybridized carbons (Fsp3) is 0.778. The Labute approximate surface area is 72.6 Å². The molecule has 0 bridgehead atoms. The van der Waals surface area contributed by atoms with E-state index in [0.29, 0.717) is 0 Å². The van der Waals surface area contributed by atoms with Gasteiger partial charge in [0.25, 0.3) is 0 Å². The van der Waals surface area contributed by atoms with Crippen molar-refractivity contribution in [2.45, 2.75) is 32.6 Å². The third kappa shape index (κ3) is 3.80. The normalized spacial score (nSPS) is 26.1. The van der Waals surface area contributed by atoms with E-state index in [4.69, 9.17) is 0 Å². The van der Waals surface area contributed by atoms with Gasteiger partial charge in [0.05, 0.1) is 6.54 Å². The van der Waals surface area contributed by atoms with Crippen molar-refractivity contribution < 1.29 is 0 Å². The van der Waals surface area contributed by atoms with Crippen LogP contribution < -0.4 is 0 Å². The van der Waals surface area contributed by atoms with Crippen molar-refractivity contribution in [1.82, 2.24) is 0 Å². The Balaban J connectivity index is 1.90. The average Bonchev–Trinajstić information content (AvgIpc) is 2.50. The first-order valence-corrected chi connectivity index (χ1v) is 6.19. The van der Waals surface area contributed by atoms with E-state index in [1.165, 1.54) is 31.4 Å². The van der Waals surface area contributed by atoms with Crippen LogP contribution in [-0.4, -0.2) is 17.8 Å². The van der Waals surface area contributed by atoms with Gasteiger partial charge in [0.1, 0.15) is 0 Å². The maximum absolute atomic E-state index is 4.21. The van der Waals surface area contributed by atoms with Crippen molar-refractivity contribution in [1.29, 1.82) is 0 Å². The molecule has 0 aromatic heterocycles. The molecule has 0 spiro atoms. The Morgan fingerprint density at radius 2 is 2.27 bits per heavy atom. The molecule has 1 atom stereocenters. The van der Waals surface area contributed by atoms with Crippen LogP contribution in [0.25, 0.3) is 0 Å². The second-order valence-electron chi connectivity index (χ2n) is 2.96. The van der Waals surface area contributed by atoms with Crippen LogP contribution in [0.5, 0.6) is 0 Å². The Kier molecular flexibility index (Phi) is 4.67. The highest BCUT2D eigenvalue weighted by Crippen LogP contribution is 2.30. The molecule has 1 unspecified atom stereocenters. The minimum absolute atomic E-state index is 0.122. The van der Waals surface area contributed by atoms with E-state index in [-0.39, 0.29) is 10.9 Å². The highest BCUT2D eigenvalue weighted by molar-refractivity contribution is 8.30. The second kappa shape index (κ2) is 5.64. The standard InChI is InChI=1S/C9H18NS/c1-2-3-4-5-7-11-8-6-10-9-11/h8-9,11H,2-7H2,1H3. The van der Waals surface area contributed by atoms with Gasteiger partial charge in [0, 0.05) is 11.3 Å². The predicted octanol–water partition coefficient (Wildman–Crippen LogP) is 2.77. The maximum atomic E-state index is 4.21. The number of hydrogen-bond donors (Lipinski definition) is 1. The van der Waals surface area contributed by atoms with Crippen LogP contribution in [0.3, 0.4) is 0 Å². The van der Waals surface area contributed by atoms with Gasteiger partial charge in [0.2, 0.25) is 0 Å². The molecule has 1 aliphatic heterocycles. The molecular formula is C9H18NS. The highest BCUT2D eigenvalue weighted by Gasteiger charge is 2.04. The molecule has 1 nitrogen and oxygen atoms in total. The molecule has 1 radical (unpaired) electrons. The van der Waals surface area contributed by atoms with Crippen LogP contribution in [0.1, 0.15) is 32.6 Å². The number of thiol groups is 1. The summed E-state index contributed by atoms with van der Waals surface area (Å²) in [6, 6.07) is 0. The third-order valence-corrected chi connectivity index (χ3v) is 3.85. The van der Waals surface area contributed by atoms with E-state index in [0.717, 1.165) is 6.54 Å². The van der Waals surface area contributed by atoms with Gasteiger partial charge in [-0.3, -0.25) is 4.99 Å². The summed E-state index contributed by atoms with van der Waals surface area (Å²) >= 11 is 0. The van der Waals surface area contributed by atoms with E-state index in [1.807, 2.05) is 0 Å². The molecule has 0 aromatic carbocycles. The first-order valence-electron chi connectivity index (χ1n) is 4.52. The quantitative estimate of drug-likeness (QED) is 0.483. The van der Waals surface area contributed by atoms with Crippen LogP contribution in [0, 0.1) is 5.75 Å². The van der Waals surface area contributed by atoms with Crippen LogP contribution in [0.4, 0.5) is 0 Å². The summed E-state index contributed by atoms with van der Waals surface area (Å²) in [6.07, 6.45) is 5.56. The van der Waals surface area contributed by atoms with Gasteiger partial charge < -0.3 is 0 Å². The molecular weight excluding hydrogens is 154 g/mol. The zero-order chi connectivity index (χ0) is 7.94. The number of nitrogens with zero attached hydrogens (tertiary/aromatic N) is 1. The molecule has 0 fully saturated rings. The van der Waals surface area contributed by atoms with Gasteiger partial charge in [-0.1, -0.05) is 26.2 Å². The monoisotopic (exact) mass is 172 g/mol. The van der Waals surface area contributed by atoms with Crippen molar-refractivity contribution in [2.75, 3.05) is 12.3 Å². The average molecular weight is 172 g/mol. The smallest absolute Gasteiger partial charge is 0.0511 e. The lowest BCUT2D eigenvalue weighted by Crippen LogP contribution is -1.87. The van der Waals surface area contributed by atoms with E-state index in [9.17, 15) is 0 Å². The van der Waals surface area contributed by atoms with Crippen molar-refractivity contribution in [2.24, 2.45) is 4.99 Å². The van der Waals surface area contributed by atoms with Crippen LogP contribution in [0.15, 0.2) is 4.99 Å². The lowest BCUT2D eigenvalue weighted by Gasteiger charge is -2.08. The molecule has 1 aliphatic rings. The molecule has 0 saturated carbocycles. The summed E-state index contributed by atoms with van der Waals surface area (Å²) in [4.78, 5) is 4.21. The molecule has 0 saturated heterocycles. The molecule has 1 heterocycles. The molecule has 0 N–H and O–H groups in total. The Bertz CT molecular complexity index is 123. The maximum Gasteiger partial charge on any atom is 0.0511 e. The minimum Gasteiger partial charge on any atom is -0.287 e. The first kappa shape index (κ1) is 9.11. The topological polar surface area (TPSA) is 12.4 Å². The molecule has 0 aromatic rings. The summed E-state index contributed by atoms with van der Waals surface area (Å²) in [5.41, 5.74) is 2.17. The molecule has 0 aliphatic carbocycles. The van der Waals surface area contributed by atoms with Crippen LogP contribution in [0.2, 0.25) is 0 Å². The van der Waals surface area contributed by atoms with Crippen LogP contribution in [-0.2, 0) is 0 Å². The van der Waals surface area contributed by atoms with Gasteiger partial charge in [-0.05, 0) is 12.2 Å². The highest BCUT2D eigenvalue weighted by atomic mass is 32.2. The number of unbranched alkanes of at least 4 members (excludes halogenated alkanes) is 3. The SMILES string of the molecule is CCCCCC[SH]1[CH]CN=C1. The van der Waals surface area contributed by atoms with Crippen molar-refractivity contribution in [3.05, 3.63) is 5.75 Å². The van der Waals surface area contributed by atoms with E-state index < -0.39 is 0 Å². The molecule has 2 heteroatoms. The molecule has 11 heavy (non-hydrogen) atoms. The third-order valence-electron chi connectivity index (χ3n) is 1.92. The van der Waals surface area contributed by atoms with Crippen molar-refractivity contribution >= 4 is 16.4 Å². The fourth-order valence-corrected chi connectivity index (χ4v) is 2.81. The summed E-state index contributed by atoms with van der Waals surface area (Å²) in [7, 11) is 0.122. The Morgan fingerprint density at radius 1 is 1.36 bits per heavy atom. The summed E-state index contributed by atoms with van der Waals surface area (Å²) in [5, 5.41) is 0. The summed E-state index contributed by atoms with van der Waals surface area (Å²) in [6.45, 7) is 3.24. The molecule has 1 rings (SSSR count). The van der Waals surface area contributed by atoms with Gasteiger partial charge in [-0.2, -0.15) is 0 Å². The molecule has 65 valence electrons. The number of hydrogen-bond acceptors (Lipinski definition) is 1. The lowest BCUT2D eigenvalue weighted by atomic mass is 10.2. The van der Waals surface area contributed by atoms with Crippen molar-refractivity contribution in [3.63, 3.8) is 0 Å². The Hall–Kier alpha value is 0.0200. The number of aliphatic imine (C=N–C) groups is 1. The van der Waals surface area contributed by atoms with Gasteiger partial charge >= 0.3 is 0 Å². The van der Waals surface area contributed by atoms with E-state index in [2.05, 4.69) is 23.2 Å².